The molecular formula is C15H32N2. The Morgan fingerprint density at radius 3 is 2.59 bits per heavy atom. The molecule has 1 fully saturated rings. The molecule has 1 rings (SSSR count). The molecule has 0 aromatic rings. The van der Waals surface area contributed by atoms with Crippen molar-refractivity contribution in [2.45, 2.75) is 71.8 Å². The van der Waals surface area contributed by atoms with Gasteiger partial charge in [-0.25, -0.2) is 0 Å². The molecule has 0 aromatic heterocycles. The first-order chi connectivity index (χ1) is 8.15. The summed E-state index contributed by atoms with van der Waals surface area (Å²) in [4.78, 5) is 2.73. The zero-order chi connectivity index (χ0) is 12.7. The topological polar surface area (TPSA) is 29.3 Å². The van der Waals surface area contributed by atoms with Gasteiger partial charge in [-0.2, -0.15) is 0 Å². The first-order valence-electron chi connectivity index (χ1n) is 7.59. The van der Waals surface area contributed by atoms with Crippen LogP contribution in [0.3, 0.4) is 0 Å². The van der Waals surface area contributed by atoms with Gasteiger partial charge in [0.15, 0.2) is 0 Å². The molecule has 1 aliphatic rings. The second-order valence-electron chi connectivity index (χ2n) is 6.15. The largest absolute Gasteiger partial charge is 0.330 e. The van der Waals surface area contributed by atoms with Crippen molar-refractivity contribution in [2.75, 3.05) is 19.6 Å². The molecule has 2 nitrogen and oxygen atoms in total. The van der Waals surface area contributed by atoms with Gasteiger partial charge in [-0.05, 0) is 44.2 Å². The summed E-state index contributed by atoms with van der Waals surface area (Å²) in [5.74, 6) is 0. The van der Waals surface area contributed by atoms with E-state index in [1.165, 1.54) is 58.0 Å². The number of likely N-dealkylation sites (tertiary alicyclic amines) is 1. The first-order valence-corrected chi connectivity index (χ1v) is 7.59. The lowest BCUT2D eigenvalue weighted by Crippen LogP contribution is -2.45. The molecule has 0 aliphatic carbocycles. The van der Waals surface area contributed by atoms with Gasteiger partial charge in [-0.15, -0.1) is 0 Å². The maximum absolute atomic E-state index is 6.01. The Labute approximate surface area is 108 Å². The normalized spacial score (nSPS) is 26.5. The predicted octanol–water partition coefficient (Wildman–Crippen LogP) is 3.41. The van der Waals surface area contributed by atoms with E-state index in [1.807, 2.05) is 0 Å². The molecule has 2 heteroatoms. The third-order valence-electron chi connectivity index (χ3n) is 4.40. The van der Waals surface area contributed by atoms with E-state index in [0.717, 1.165) is 12.6 Å². The van der Waals surface area contributed by atoms with Crippen LogP contribution in [0.2, 0.25) is 0 Å². The van der Waals surface area contributed by atoms with Gasteiger partial charge in [0.05, 0.1) is 0 Å². The summed E-state index contributed by atoms with van der Waals surface area (Å²) < 4.78 is 0. The zero-order valence-corrected chi connectivity index (χ0v) is 12.2. The van der Waals surface area contributed by atoms with Crippen LogP contribution in [0.25, 0.3) is 0 Å². The summed E-state index contributed by atoms with van der Waals surface area (Å²) in [5.41, 5.74) is 6.34. The fourth-order valence-corrected chi connectivity index (χ4v) is 3.25. The van der Waals surface area contributed by atoms with Gasteiger partial charge >= 0.3 is 0 Å². The number of hydrogen-bond acceptors (Lipinski definition) is 2. The number of hydrogen-bond donors (Lipinski definition) is 1. The molecule has 0 aromatic carbocycles. The van der Waals surface area contributed by atoms with Gasteiger partial charge in [0.25, 0.3) is 0 Å². The van der Waals surface area contributed by atoms with E-state index < -0.39 is 0 Å². The van der Waals surface area contributed by atoms with Gasteiger partial charge < -0.3 is 5.73 Å². The summed E-state index contributed by atoms with van der Waals surface area (Å²) in [6, 6.07) is 0.806. The molecule has 2 unspecified atom stereocenters. The van der Waals surface area contributed by atoms with Crippen LogP contribution in [0.4, 0.5) is 0 Å². The highest BCUT2D eigenvalue weighted by Crippen LogP contribution is 2.27. The Bertz CT molecular complexity index is 205. The van der Waals surface area contributed by atoms with Crippen LogP contribution in [0.5, 0.6) is 0 Å². The van der Waals surface area contributed by atoms with E-state index in [0.29, 0.717) is 5.41 Å². The van der Waals surface area contributed by atoms with Crippen LogP contribution in [0.1, 0.15) is 65.7 Å². The molecule has 2 N–H and O–H groups in total. The van der Waals surface area contributed by atoms with Gasteiger partial charge in [-0.3, -0.25) is 4.90 Å². The standard InChI is InChI=1S/C15H32N2/c1-4-10-15(3,12-16)13-17-11-8-6-7-9-14(17)5-2/h14H,4-13,16H2,1-3H3. The summed E-state index contributed by atoms with van der Waals surface area (Å²) in [5, 5.41) is 0. The summed E-state index contributed by atoms with van der Waals surface area (Å²) in [7, 11) is 0. The van der Waals surface area contributed by atoms with Gasteiger partial charge in [0.2, 0.25) is 0 Å². The zero-order valence-electron chi connectivity index (χ0n) is 12.2. The smallest absolute Gasteiger partial charge is 0.00928 e. The van der Waals surface area contributed by atoms with E-state index in [1.54, 1.807) is 0 Å². The average Bonchev–Trinajstić information content (AvgIpc) is 2.54. The van der Waals surface area contributed by atoms with E-state index in [9.17, 15) is 0 Å². The molecule has 102 valence electrons. The first kappa shape index (κ1) is 15.0. The minimum atomic E-state index is 0.326. The molecule has 1 saturated heterocycles. The Balaban J connectivity index is 2.61. The molecule has 0 spiro atoms. The van der Waals surface area contributed by atoms with Crippen LogP contribution in [-0.4, -0.2) is 30.6 Å². The molecule has 0 amide bonds. The summed E-state index contributed by atoms with van der Waals surface area (Å²) >= 11 is 0. The van der Waals surface area contributed by atoms with E-state index in [4.69, 9.17) is 5.73 Å². The monoisotopic (exact) mass is 240 g/mol. The van der Waals surface area contributed by atoms with Crippen molar-refractivity contribution in [2.24, 2.45) is 11.1 Å². The fourth-order valence-electron chi connectivity index (χ4n) is 3.25. The van der Waals surface area contributed by atoms with Crippen molar-refractivity contribution in [1.82, 2.24) is 4.90 Å². The van der Waals surface area contributed by atoms with Crippen LogP contribution in [-0.2, 0) is 0 Å². The molecule has 0 radical (unpaired) electrons. The average molecular weight is 240 g/mol. The molecule has 2 atom stereocenters. The van der Waals surface area contributed by atoms with E-state index >= 15 is 0 Å². The van der Waals surface area contributed by atoms with Crippen molar-refractivity contribution < 1.29 is 0 Å². The van der Waals surface area contributed by atoms with Crippen molar-refractivity contribution in [3.8, 4) is 0 Å². The minimum absolute atomic E-state index is 0.326. The number of rotatable bonds is 6. The van der Waals surface area contributed by atoms with E-state index in [2.05, 4.69) is 25.7 Å². The SMILES string of the molecule is CCCC(C)(CN)CN1CCCCCC1CC. The Morgan fingerprint density at radius 1 is 1.24 bits per heavy atom. The molecule has 1 heterocycles. The molecule has 0 saturated carbocycles. The lowest BCUT2D eigenvalue weighted by Gasteiger charge is -2.38. The molecule has 0 bridgehead atoms. The van der Waals surface area contributed by atoms with Crippen molar-refractivity contribution >= 4 is 0 Å². The van der Waals surface area contributed by atoms with E-state index in [-0.39, 0.29) is 0 Å². The highest BCUT2D eigenvalue weighted by molar-refractivity contribution is 4.83. The summed E-state index contributed by atoms with van der Waals surface area (Å²) in [6.07, 6.45) is 9.41. The lowest BCUT2D eigenvalue weighted by molar-refractivity contribution is 0.115. The fraction of sp³-hybridized carbons (Fsp3) is 1.00. The maximum Gasteiger partial charge on any atom is 0.00928 e. The van der Waals surface area contributed by atoms with Gasteiger partial charge in [0, 0.05) is 12.6 Å². The Morgan fingerprint density at radius 2 is 2.00 bits per heavy atom. The van der Waals surface area contributed by atoms with Crippen molar-refractivity contribution in [1.29, 1.82) is 0 Å². The van der Waals surface area contributed by atoms with Crippen LogP contribution < -0.4 is 5.73 Å². The second-order valence-corrected chi connectivity index (χ2v) is 6.15. The highest BCUT2D eigenvalue weighted by Gasteiger charge is 2.28. The predicted molar refractivity (Wildman–Crippen MR) is 76.2 cm³/mol. The van der Waals surface area contributed by atoms with Gasteiger partial charge in [-0.1, -0.05) is 40.0 Å². The van der Waals surface area contributed by atoms with Crippen molar-refractivity contribution in [3.05, 3.63) is 0 Å². The molecule has 17 heavy (non-hydrogen) atoms. The quantitative estimate of drug-likeness (QED) is 0.771. The van der Waals surface area contributed by atoms with Crippen molar-refractivity contribution in [3.63, 3.8) is 0 Å². The molecular weight excluding hydrogens is 208 g/mol. The highest BCUT2D eigenvalue weighted by atomic mass is 15.2. The minimum Gasteiger partial charge on any atom is -0.330 e. The van der Waals surface area contributed by atoms with Crippen LogP contribution >= 0.6 is 0 Å². The third kappa shape index (κ3) is 4.59. The van der Waals surface area contributed by atoms with Gasteiger partial charge in [0.1, 0.15) is 0 Å². The Hall–Kier alpha value is -0.0800. The lowest BCUT2D eigenvalue weighted by atomic mass is 9.84. The van der Waals surface area contributed by atoms with Crippen LogP contribution in [0, 0.1) is 5.41 Å². The summed E-state index contributed by atoms with van der Waals surface area (Å²) in [6.45, 7) is 10.3. The Kier molecular flexibility index (Phi) is 6.50. The number of nitrogens with two attached hydrogens (primary N) is 1. The number of nitrogens with zero attached hydrogens (tertiary/aromatic N) is 1. The van der Waals surface area contributed by atoms with Crippen LogP contribution in [0.15, 0.2) is 0 Å². The molecule has 1 aliphatic heterocycles. The second kappa shape index (κ2) is 7.38. The maximum atomic E-state index is 6.01. The third-order valence-corrected chi connectivity index (χ3v) is 4.40.